The smallest absolute Gasteiger partial charge is 0.340 e. The Morgan fingerprint density at radius 2 is 1.72 bits per heavy atom. The summed E-state index contributed by atoms with van der Waals surface area (Å²) < 4.78 is 10.7. The minimum absolute atomic E-state index is 0.163. The van der Waals surface area contributed by atoms with Crippen LogP contribution in [0.2, 0.25) is 5.02 Å². The van der Waals surface area contributed by atoms with Gasteiger partial charge in [0.2, 0.25) is 0 Å². The fraction of sp³-hybridized carbons (Fsp3) is 0.667. The van der Waals surface area contributed by atoms with Gasteiger partial charge in [-0.3, -0.25) is 0 Å². The van der Waals surface area contributed by atoms with Crippen molar-refractivity contribution in [2.75, 3.05) is 13.2 Å². The zero-order valence-electron chi connectivity index (χ0n) is 15.6. The Balaban J connectivity index is 1.48. The molecule has 0 N–H and O–H groups in total. The van der Waals surface area contributed by atoms with E-state index in [0.717, 1.165) is 30.7 Å². The van der Waals surface area contributed by atoms with Gasteiger partial charge < -0.3 is 9.47 Å². The lowest BCUT2D eigenvalue weighted by Gasteiger charge is -2.13. The Kier molecular flexibility index (Phi) is 8.25. The van der Waals surface area contributed by atoms with Crippen LogP contribution in [0, 0.1) is 5.92 Å². The predicted octanol–water partition coefficient (Wildman–Crippen LogP) is 5.58. The summed E-state index contributed by atoms with van der Waals surface area (Å²) in [4.78, 5) is 12.0. The molecule has 25 heavy (non-hydrogen) atoms. The summed E-state index contributed by atoms with van der Waals surface area (Å²) in [6, 6.07) is 8.13. The van der Waals surface area contributed by atoms with Crippen LogP contribution in [0.5, 0.6) is 0 Å². The molecule has 1 aliphatic rings. The number of ether oxygens (including phenoxy) is 2. The van der Waals surface area contributed by atoms with E-state index in [1.54, 1.807) is 0 Å². The number of hydrogen-bond donors (Lipinski definition) is 0. The Labute approximate surface area is 157 Å². The SMILES string of the molecule is CC(C)COC(=O)C1(CCCCCCCCc2ccc(Cl)cc2)CO1. The molecule has 1 fully saturated rings. The molecule has 140 valence electrons. The van der Waals surface area contributed by atoms with Crippen molar-refractivity contribution in [3.63, 3.8) is 0 Å². The average molecular weight is 367 g/mol. The van der Waals surface area contributed by atoms with Gasteiger partial charge >= 0.3 is 5.97 Å². The van der Waals surface area contributed by atoms with Crippen molar-refractivity contribution in [1.29, 1.82) is 0 Å². The van der Waals surface area contributed by atoms with Gasteiger partial charge in [0.1, 0.15) is 0 Å². The number of unbranched alkanes of at least 4 members (excludes halogenated alkanes) is 5. The van der Waals surface area contributed by atoms with E-state index in [4.69, 9.17) is 21.1 Å². The van der Waals surface area contributed by atoms with Gasteiger partial charge in [-0.2, -0.15) is 0 Å². The maximum Gasteiger partial charge on any atom is 0.340 e. The summed E-state index contributed by atoms with van der Waals surface area (Å²) in [5.41, 5.74) is 0.751. The number of benzene rings is 1. The maximum absolute atomic E-state index is 12.0. The first-order chi connectivity index (χ1) is 12.0. The minimum Gasteiger partial charge on any atom is -0.463 e. The molecule has 0 bridgehead atoms. The molecule has 3 nitrogen and oxygen atoms in total. The van der Waals surface area contributed by atoms with Crippen molar-refractivity contribution >= 4 is 17.6 Å². The second-order valence-electron chi connectivity index (χ2n) is 7.52. The average Bonchev–Trinajstić information content (AvgIpc) is 3.38. The van der Waals surface area contributed by atoms with Gasteiger partial charge in [0, 0.05) is 5.02 Å². The Hall–Kier alpha value is -1.06. The van der Waals surface area contributed by atoms with Crippen LogP contribution in [0.1, 0.15) is 64.4 Å². The molecule has 1 aromatic rings. The van der Waals surface area contributed by atoms with Crippen molar-refractivity contribution in [3.8, 4) is 0 Å². The quantitative estimate of drug-likeness (QED) is 0.275. The van der Waals surface area contributed by atoms with Crippen LogP contribution in [-0.4, -0.2) is 24.8 Å². The number of hydrogen-bond acceptors (Lipinski definition) is 3. The van der Waals surface area contributed by atoms with Crippen LogP contribution in [0.4, 0.5) is 0 Å². The van der Waals surface area contributed by atoms with Crippen molar-refractivity contribution in [2.24, 2.45) is 5.92 Å². The molecule has 0 aliphatic carbocycles. The van der Waals surface area contributed by atoms with E-state index in [9.17, 15) is 4.79 Å². The molecule has 0 radical (unpaired) electrons. The molecule has 0 amide bonds. The zero-order chi connectivity index (χ0) is 18.1. The van der Waals surface area contributed by atoms with Crippen molar-refractivity contribution in [1.82, 2.24) is 0 Å². The van der Waals surface area contributed by atoms with E-state index in [1.165, 1.54) is 31.2 Å². The molecule has 1 aromatic carbocycles. The molecule has 1 unspecified atom stereocenters. The monoisotopic (exact) mass is 366 g/mol. The van der Waals surface area contributed by atoms with E-state index >= 15 is 0 Å². The molecule has 0 spiro atoms. The van der Waals surface area contributed by atoms with Crippen LogP contribution < -0.4 is 0 Å². The highest BCUT2D eigenvalue weighted by Crippen LogP contribution is 2.34. The molecule has 1 aliphatic heterocycles. The molecular weight excluding hydrogens is 336 g/mol. The van der Waals surface area contributed by atoms with Gasteiger partial charge in [-0.15, -0.1) is 0 Å². The lowest BCUT2D eigenvalue weighted by Crippen LogP contribution is -2.28. The summed E-state index contributed by atoms with van der Waals surface area (Å²) in [6.45, 7) is 5.10. The lowest BCUT2D eigenvalue weighted by atomic mass is 10.00. The van der Waals surface area contributed by atoms with E-state index < -0.39 is 5.60 Å². The van der Waals surface area contributed by atoms with Crippen LogP contribution >= 0.6 is 11.6 Å². The third kappa shape index (κ3) is 7.37. The Morgan fingerprint density at radius 1 is 1.12 bits per heavy atom. The number of esters is 1. The molecular formula is C21H31ClO3. The first-order valence-electron chi connectivity index (χ1n) is 9.57. The first kappa shape index (κ1) is 20.3. The number of halogens is 1. The van der Waals surface area contributed by atoms with Crippen LogP contribution in [0.25, 0.3) is 0 Å². The fourth-order valence-electron chi connectivity index (χ4n) is 2.92. The Morgan fingerprint density at radius 3 is 2.32 bits per heavy atom. The first-order valence-corrected chi connectivity index (χ1v) is 9.95. The standard InChI is InChI=1S/C21H31ClO3/c1-17(2)15-24-20(23)21(16-25-21)14-8-6-4-3-5-7-9-18-10-12-19(22)13-11-18/h10-13,17H,3-9,14-16H2,1-2H3. The van der Waals surface area contributed by atoms with Gasteiger partial charge in [-0.25, -0.2) is 4.79 Å². The molecule has 1 heterocycles. The molecule has 1 saturated heterocycles. The third-order valence-corrected chi connectivity index (χ3v) is 4.87. The van der Waals surface area contributed by atoms with Gasteiger partial charge in [0.05, 0.1) is 13.2 Å². The summed E-state index contributed by atoms with van der Waals surface area (Å²) in [5.74, 6) is 0.205. The summed E-state index contributed by atoms with van der Waals surface area (Å²) in [7, 11) is 0. The molecule has 0 aromatic heterocycles. The normalized spacial score (nSPS) is 19.2. The molecule has 2 rings (SSSR count). The molecule has 1 atom stereocenters. The van der Waals surface area contributed by atoms with Gasteiger partial charge in [0.25, 0.3) is 0 Å². The minimum atomic E-state index is -0.608. The van der Waals surface area contributed by atoms with Crippen LogP contribution in [0.3, 0.4) is 0 Å². The summed E-state index contributed by atoms with van der Waals surface area (Å²) in [5, 5.41) is 0.800. The fourth-order valence-corrected chi connectivity index (χ4v) is 3.05. The second kappa shape index (κ2) is 10.2. The van der Waals surface area contributed by atoms with Gasteiger partial charge in [-0.05, 0) is 49.3 Å². The third-order valence-electron chi connectivity index (χ3n) is 4.62. The highest BCUT2D eigenvalue weighted by Gasteiger charge is 2.53. The second-order valence-corrected chi connectivity index (χ2v) is 7.96. The van der Waals surface area contributed by atoms with Crippen LogP contribution in [0.15, 0.2) is 24.3 Å². The van der Waals surface area contributed by atoms with E-state index in [2.05, 4.69) is 12.1 Å². The molecule has 4 heteroatoms. The van der Waals surface area contributed by atoms with E-state index in [1.807, 2.05) is 26.0 Å². The van der Waals surface area contributed by atoms with E-state index in [0.29, 0.717) is 19.1 Å². The topological polar surface area (TPSA) is 38.8 Å². The zero-order valence-corrected chi connectivity index (χ0v) is 16.3. The largest absolute Gasteiger partial charge is 0.463 e. The highest BCUT2D eigenvalue weighted by molar-refractivity contribution is 6.30. The highest BCUT2D eigenvalue weighted by atomic mass is 35.5. The molecule has 0 saturated carbocycles. The predicted molar refractivity (Wildman–Crippen MR) is 102 cm³/mol. The van der Waals surface area contributed by atoms with E-state index in [-0.39, 0.29) is 5.97 Å². The number of rotatable bonds is 12. The summed E-state index contributed by atoms with van der Waals surface area (Å²) in [6.07, 6.45) is 9.05. The number of epoxide rings is 1. The number of aryl methyl sites for hydroxylation is 1. The Bertz CT molecular complexity index is 520. The van der Waals surface area contributed by atoms with Crippen molar-refractivity contribution in [2.45, 2.75) is 70.8 Å². The number of carbonyl (C=O) groups excluding carboxylic acids is 1. The van der Waals surface area contributed by atoms with Crippen molar-refractivity contribution < 1.29 is 14.3 Å². The lowest BCUT2D eigenvalue weighted by molar-refractivity contribution is -0.151. The maximum atomic E-state index is 12.0. The van der Waals surface area contributed by atoms with Gasteiger partial charge in [-0.1, -0.05) is 63.3 Å². The number of carbonyl (C=O) groups is 1. The van der Waals surface area contributed by atoms with Crippen molar-refractivity contribution in [3.05, 3.63) is 34.9 Å². The van der Waals surface area contributed by atoms with Crippen LogP contribution in [-0.2, 0) is 20.7 Å². The summed E-state index contributed by atoms with van der Waals surface area (Å²) >= 11 is 5.89. The van der Waals surface area contributed by atoms with Gasteiger partial charge in [0.15, 0.2) is 5.60 Å².